The molecule has 4 nitrogen and oxygen atoms in total. The van der Waals surface area contributed by atoms with Crippen molar-refractivity contribution in [3.05, 3.63) is 81.0 Å². The van der Waals surface area contributed by atoms with Crippen LogP contribution >= 0.6 is 0 Å². The van der Waals surface area contributed by atoms with Crippen molar-refractivity contribution in [1.82, 2.24) is 0 Å². The van der Waals surface area contributed by atoms with Crippen LogP contribution in [0.4, 0.5) is 0 Å². The van der Waals surface area contributed by atoms with E-state index in [0.29, 0.717) is 22.1 Å². The zero-order valence-electron chi connectivity index (χ0n) is 12.3. The molecule has 2 heterocycles. The average molecular weight is 304 g/mol. The Balaban J connectivity index is 2.25. The van der Waals surface area contributed by atoms with E-state index in [-0.39, 0.29) is 5.43 Å². The summed E-state index contributed by atoms with van der Waals surface area (Å²) in [6.07, 6.45) is 1.35. The number of rotatable bonds is 1. The molecule has 4 heteroatoms. The van der Waals surface area contributed by atoms with Gasteiger partial charge in [0.1, 0.15) is 11.2 Å². The maximum atomic E-state index is 12.1. The molecule has 0 aliphatic carbocycles. The van der Waals surface area contributed by atoms with Gasteiger partial charge in [-0.2, -0.15) is 0 Å². The van der Waals surface area contributed by atoms with Crippen LogP contribution in [0.1, 0.15) is 5.56 Å². The molecule has 0 spiro atoms. The predicted molar refractivity (Wildman–Crippen MR) is 88.7 cm³/mol. The molecule has 2 aromatic heterocycles. The van der Waals surface area contributed by atoms with Crippen LogP contribution in [0.3, 0.4) is 0 Å². The third-order valence-electron chi connectivity index (χ3n) is 3.97. The third-order valence-corrected chi connectivity index (χ3v) is 3.97. The molecule has 0 atom stereocenters. The Labute approximate surface area is 130 Å². The lowest BCUT2D eigenvalue weighted by molar-refractivity contribution is 0.555. The minimum atomic E-state index is -0.433. The van der Waals surface area contributed by atoms with Gasteiger partial charge in [-0.15, -0.1) is 0 Å². The van der Waals surface area contributed by atoms with Gasteiger partial charge < -0.3 is 8.83 Å². The van der Waals surface area contributed by atoms with E-state index < -0.39 is 5.63 Å². The largest absolute Gasteiger partial charge is 0.464 e. The quantitative estimate of drug-likeness (QED) is 0.395. The SMILES string of the molecule is Cc1c2oc(=O)cc(-c3ccccc3)c2cc2c(=O)ccoc12. The van der Waals surface area contributed by atoms with Gasteiger partial charge >= 0.3 is 5.63 Å². The molecular weight excluding hydrogens is 292 g/mol. The predicted octanol–water partition coefficient (Wildman–Crippen LogP) is 3.87. The lowest BCUT2D eigenvalue weighted by Gasteiger charge is -2.09. The Morgan fingerprint density at radius 1 is 0.870 bits per heavy atom. The molecule has 0 aliphatic heterocycles. The Hall–Kier alpha value is -3.14. The minimum Gasteiger partial charge on any atom is -0.464 e. The van der Waals surface area contributed by atoms with E-state index in [1.807, 2.05) is 30.3 Å². The van der Waals surface area contributed by atoms with Gasteiger partial charge in [-0.05, 0) is 24.1 Å². The van der Waals surface area contributed by atoms with Gasteiger partial charge in [0.15, 0.2) is 5.43 Å². The van der Waals surface area contributed by atoms with Crippen LogP contribution in [-0.2, 0) is 0 Å². The van der Waals surface area contributed by atoms with Crippen molar-refractivity contribution in [3.63, 3.8) is 0 Å². The molecule has 2 aromatic carbocycles. The first kappa shape index (κ1) is 13.5. The van der Waals surface area contributed by atoms with Crippen LogP contribution in [0, 0.1) is 6.92 Å². The highest BCUT2D eigenvalue weighted by atomic mass is 16.4. The summed E-state index contributed by atoms with van der Waals surface area (Å²) in [5.74, 6) is 0. The molecule has 0 aliphatic rings. The Morgan fingerprint density at radius 2 is 1.65 bits per heavy atom. The first-order valence-corrected chi connectivity index (χ1v) is 7.19. The van der Waals surface area contributed by atoms with E-state index in [4.69, 9.17) is 8.83 Å². The molecule has 0 amide bonds. The van der Waals surface area contributed by atoms with Crippen LogP contribution in [0.15, 0.2) is 73.2 Å². The molecule has 0 unspecified atom stereocenters. The molecule has 0 N–H and O–H groups in total. The van der Waals surface area contributed by atoms with Gasteiger partial charge in [0, 0.05) is 23.1 Å². The molecular formula is C19H12O4. The topological polar surface area (TPSA) is 60.4 Å². The number of fused-ring (bicyclic) bond motifs is 2. The fourth-order valence-electron chi connectivity index (χ4n) is 2.88. The summed E-state index contributed by atoms with van der Waals surface area (Å²) >= 11 is 0. The summed E-state index contributed by atoms with van der Waals surface area (Å²) < 4.78 is 10.8. The number of aryl methyl sites for hydroxylation is 1. The highest BCUT2D eigenvalue weighted by Gasteiger charge is 2.15. The molecule has 0 saturated heterocycles. The lowest BCUT2D eigenvalue weighted by Crippen LogP contribution is -2.03. The average Bonchev–Trinajstić information content (AvgIpc) is 2.57. The van der Waals surface area contributed by atoms with Crippen LogP contribution in [0.2, 0.25) is 0 Å². The maximum absolute atomic E-state index is 12.1. The standard InChI is InChI=1S/C19H12O4/c1-11-18-15(16(20)7-8-22-18)9-14-13(10-17(21)23-19(11)14)12-5-3-2-4-6-12/h2-10H,1H3. The second kappa shape index (κ2) is 4.95. The highest BCUT2D eigenvalue weighted by Crippen LogP contribution is 2.32. The van der Waals surface area contributed by atoms with Gasteiger partial charge in [0.2, 0.25) is 0 Å². The summed E-state index contributed by atoms with van der Waals surface area (Å²) in [6.45, 7) is 1.78. The summed E-state index contributed by atoms with van der Waals surface area (Å²) in [7, 11) is 0. The molecule has 23 heavy (non-hydrogen) atoms. The van der Waals surface area contributed by atoms with Crippen molar-refractivity contribution in [3.8, 4) is 11.1 Å². The van der Waals surface area contributed by atoms with E-state index in [2.05, 4.69) is 0 Å². The Kier molecular flexibility index (Phi) is 2.91. The van der Waals surface area contributed by atoms with Crippen LogP contribution < -0.4 is 11.1 Å². The fraction of sp³-hybridized carbons (Fsp3) is 0.0526. The van der Waals surface area contributed by atoms with Crippen molar-refractivity contribution < 1.29 is 8.83 Å². The second-order valence-electron chi connectivity index (χ2n) is 5.38. The molecule has 0 bridgehead atoms. The van der Waals surface area contributed by atoms with E-state index >= 15 is 0 Å². The van der Waals surface area contributed by atoms with Crippen LogP contribution in [0.5, 0.6) is 0 Å². The number of benzene rings is 2. The maximum Gasteiger partial charge on any atom is 0.336 e. The lowest BCUT2D eigenvalue weighted by atomic mass is 9.98. The fourth-order valence-corrected chi connectivity index (χ4v) is 2.88. The van der Waals surface area contributed by atoms with Gasteiger partial charge in [-0.25, -0.2) is 4.79 Å². The zero-order valence-corrected chi connectivity index (χ0v) is 12.3. The molecule has 4 aromatic rings. The van der Waals surface area contributed by atoms with Crippen molar-refractivity contribution in [2.24, 2.45) is 0 Å². The number of hydrogen-bond donors (Lipinski definition) is 0. The summed E-state index contributed by atoms with van der Waals surface area (Å²) in [5, 5.41) is 1.20. The summed E-state index contributed by atoms with van der Waals surface area (Å²) in [4.78, 5) is 24.1. The van der Waals surface area contributed by atoms with E-state index in [9.17, 15) is 9.59 Å². The van der Waals surface area contributed by atoms with Gasteiger partial charge in [-0.3, -0.25) is 4.79 Å². The highest BCUT2D eigenvalue weighted by molar-refractivity contribution is 6.03. The van der Waals surface area contributed by atoms with Gasteiger partial charge in [0.25, 0.3) is 0 Å². The van der Waals surface area contributed by atoms with Gasteiger partial charge in [-0.1, -0.05) is 30.3 Å². The normalized spacial score (nSPS) is 11.2. The first-order chi connectivity index (χ1) is 11.1. The van der Waals surface area contributed by atoms with E-state index in [1.165, 1.54) is 18.4 Å². The molecule has 4 rings (SSSR count). The smallest absolute Gasteiger partial charge is 0.336 e. The number of hydrogen-bond acceptors (Lipinski definition) is 4. The first-order valence-electron chi connectivity index (χ1n) is 7.19. The Bertz CT molecular complexity index is 1150. The van der Waals surface area contributed by atoms with Gasteiger partial charge in [0.05, 0.1) is 11.6 Å². The second-order valence-corrected chi connectivity index (χ2v) is 5.38. The molecule has 112 valence electrons. The molecule has 0 radical (unpaired) electrons. The molecule has 0 saturated carbocycles. The Morgan fingerprint density at radius 3 is 2.43 bits per heavy atom. The van der Waals surface area contributed by atoms with Crippen molar-refractivity contribution in [2.75, 3.05) is 0 Å². The molecule has 0 fully saturated rings. The van der Waals surface area contributed by atoms with Crippen molar-refractivity contribution in [2.45, 2.75) is 6.92 Å². The van der Waals surface area contributed by atoms with Crippen molar-refractivity contribution in [1.29, 1.82) is 0 Å². The summed E-state index contributed by atoms with van der Waals surface area (Å²) in [6, 6.07) is 14.1. The zero-order chi connectivity index (χ0) is 16.0. The van der Waals surface area contributed by atoms with E-state index in [1.54, 1.807) is 13.0 Å². The van der Waals surface area contributed by atoms with E-state index in [0.717, 1.165) is 16.5 Å². The van der Waals surface area contributed by atoms with Crippen LogP contribution in [0.25, 0.3) is 33.1 Å². The van der Waals surface area contributed by atoms with Crippen LogP contribution in [-0.4, -0.2) is 0 Å². The van der Waals surface area contributed by atoms with Crippen molar-refractivity contribution >= 4 is 21.9 Å². The summed E-state index contributed by atoms with van der Waals surface area (Å²) in [5.41, 5.74) is 2.61. The third kappa shape index (κ3) is 2.07. The minimum absolute atomic E-state index is 0.124. The monoisotopic (exact) mass is 304 g/mol.